The Bertz CT molecular complexity index is 806. The second kappa shape index (κ2) is 7.14. The average Bonchev–Trinajstić information content (AvgIpc) is 2.59. The standard InChI is InChI=1S/C20H20O3S/c1-14-7-9-18(10-8-14)24(22)20-6-4-3-5-16(20)11-17-12-19(21)15(2)13-23-17/h3-10,13,17H,11-12H2,1-2H3/t17-,24+/m1/s1. The number of hydrogen-bond acceptors (Lipinski definition) is 3. The molecule has 0 unspecified atom stereocenters. The molecule has 0 amide bonds. The van der Waals surface area contributed by atoms with Crippen molar-refractivity contribution in [2.45, 2.75) is 42.6 Å². The lowest BCUT2D eigenvalue weighted by atomic mass is 9.99. The van der Waals surface area contributed by atoms with Gasteiger partial charge in [0.15, 0.2) is 5.78 Å². The molecule has 124 valence electrons. The van der Waals surface area contributed by atoms with Crippen molar-refractivity contribution in [3.8, 4) is 0 Å². The number of carbonyl (C=O) groups is 1. The van der Waals surface area contributed by atoms with E-state index in [1.807, 2.05) is 55.5 Å². The molecule has 0 spiro atoms. The Hall–Kier alpha value is -2.20. The minimum atomic E-state index is -1.24. The Morgan fingerprint density at radius 1 is 1.08 bits per heavy atom. The van der Waals surface area contributed by atoms with E-state index in [1.165, 1.54) is 6.26 Å². The molecule has 1 heterocycles. The summed E-state index contributed by atoms with van der Waals surface area (Å²) >= 11 is 0. The van der Waals surface area contributed by atoms with Gasteiger partial charge in [-0.05, 0) is 37.6 Å². The quantitative estimate of drug-likeness (QED) is 0.846. The summed E-state index contributed by atoms with van der Waals surface area (Å²) in [6.07, 6.45) is 2.28. The summed E-state index contributed by atoms with van der Waals surface area (Å²) in [5.74, 6) is 0.114. The zero-order valence-corrected chi connectivity index (χ0v) is 14.6. The molecule has 0 radical (unpaired) electrons. The summed E-state index contributed by atoms with van der Waals surface area (Å²) in [5.41, 5.74) is 2.75. The highest BCUT2D eigenvalue weighted by Gasteiger charge is 2.23. The topological polar surface area (TPSA) is 43.4 Å². The third-order valence-corrected chi connectivity index (χ3v) is 5.64. The molecule has 0 aromatic heterocycles. The fourth-order valence-electron chi connectivity index (χ4n) is 2.69. The molecule has 3 nitrogen and oxygen atoms in total. The molecular formula is C20H20O3S. The first kappa shape index (κ1) is 16.7. The van der Waals surface area contributed by atoms with Crippen LogP contribution in [0.4, 0.5) is 0 Å². The number of carbonyl (C=O) groups excluding carboxylic acids is 1. The van der Waals surface area contributed by atoms with Crippen LogP contribution in [0.3, 0.4) is 0 Å². The van der Waals surface area contributed by atoms with Crippen molar-refractivity contribution in [1.29, 1.82) is 0 Å². The summed E-state index contributed by atoms with van der Waals surface area (Å²) in [4.78, 5) is 13.4. The van der Waals surface area contributed by atoms with Crippen LogP contribution in [0, 0.1) is 6.92 Å². The van der Waals surface area contributed by atoms with Crippen LogP contribution in [0.2, 0.25) is 0 Å². The number of ketones is 1. The normalized spacial score (nSPS) is 18.7. The van der Waals surface area contributed by atoms with Gasteiger partial charge < -0.3 is 4.74 Å². The van der Waals surface area contributed by atoms with E-state index < -0.39 is 10.8 Å². The van der Waals surface area contributed by atoms with Gasteiger partial charge in [0.05, 0.1) is 17.1 Å². The highest BCUT2D eigenvalue weighted by atomic mass is 32.2. The first-order valence-electron chi connectivity index (χ1n) is 7.96. The summed E-state index contributed by atoms with van der Waals surface area (Å²) < 4.78 is 18.6. The van der Waals surface area contributed by atoms with Crippen molar-refractivity contribution in [3.63, 3.8) is 0 Å². The highest BCUT2D eigenvalue weighted by Crippen LogP contribution is 2.24. The molecule has 0 saturated carbocycles. The van der Waals surface area contributed by atoms with E-state index in [0.717, 1.165) is 20.9 Å². The van der Waals surface area contributed by atoms with Crippen LogP contribution in [0.1, 0.15) is 24.5 Å². The Kier molecular flexibility index (Phi) is 4.95. The van der Waals surface area contributed by atoms with E-state index in [2.05, 4.69) is 0 Å². The molecule has 3 rings (SSSR count). The molecule has 2 atom stereocenters. The molecule has 4 heteroatoms. The number of benzene rings is 2. The zero-order valence-electron chi connectivity index (χ0n) is 13.8. The Morgan fingerprint density at radius 3 is 2.50 bits per heavy atom. The summed E-state index contributed by atoms with van der Waals surface area (Å²) in [6.45, 7) is 3.77. The molecule has 1 aliphatic heterocycles. The summed E-state index contributed by atoms with van der Waals surface area (Å²) in [5, 5.41) is 0. The van der Waals surface area contributed by atoms with E-state index in [1.54, 1.807) is 6.92 Å². The maximum Gasteiger partial charge on any atom is 0.165 e. The fourth-order valence-corrected chi connectivity index (χ4v) is 3.92. The second-order valence-corrected chi connectivity index (χ2v) is 7.53. The van der Waals surface area contributed by atoms with Gasteiger partial charge in [0.1, 0.15) is 6.10 Å². The SMILES string of the molecule is CC1=CO[C@H](Cc2ccccc2[S@@](=O)c2ccc(C)cc2)CC1=O. The predicted octanol–water partition coefficient (Wildman–Crippen LogP) is 3.97. The molecular weight excluding hydrogens is 320 g/mol. The van der Waals surface area contributed by atoms with Gasteiger partial charge in [-0.25, -0.2) is 4.21 Å². The van der Waals surface area contributed by atoms with Gasteiger partial charge >= 0.3 is 0 Å². The lowest BCUT2D eigenvalue weighted by Crippen LogP contribution is -2.24. The van der Waals surface area contributed by atoms with Gasteiger partial charge in [0.25, 0.3) is 0 Å². The predicted molar refractivity (Wildman–Crippen MR) is 94.3 cm³/mol. The van der Waals surface area contributed by atoms with Crippen molar-refractivity contribution < 1.29 is 13.7 Å². The van der Waals surface area contributed by atoms with Crippen molar-refractivity contribution in [2.75, 3.05) is 0 Å². The highest BCUT2D eigenvalue weighted by molar-refractivity contribution is 7.85. The largest absolute Gasteiger partial charge is 0.497 e. The van der Waals surface area contributed by atoms with Crippen LogP contribution >= 0.6 is 0 Å². The average molecular weight is 340 g/mol. The van der Waals surface area contributed by atoms with Crippen LogP contribution in [-0.2, 0) is 26.8 Å². The van der Waals surface area contributed by atoms with E-state index in [-0.39, 0.29) is 11.9 Å². The fraction of sp³-hybridized carbons (Fsp3) is 0.250. The maximum atomic E-state index is 12.9. The van der Waals surface area contributed by atoms with E-state index in [4.69, 9.17) is 4.74 Å². The van der Waals surface area contributed by atoms with Crippen LogP contribution in [0.25, 0.3) is 0 Å². The first-order chi connectivity index (χ1) is 11.5. The third-order valence-electron chi connectivity index (χ3n) is 4.15. The number of rotatable bonds is 4. The monoisotopic (exact) mass is 340 g/mol. The minimum Gasteiger partial charge on any atom is -0.497 e. The maximum absolute atomic E-state index is 12.9. The smallest absolute Gasteiger partial charge is 0.165 e. The third kappa shape index (κ3) is 3.65. The van der Waals surface area contributed by atoms with Gasteiger partial charge in [-0.15, -0.1) is 0 Å². The Labute approximate surface area is 144 Å². The molecule has 0 fully saturated rings. The van der Waals surface area contributed by atoms with E-state index in [0.29, 0.717) is 18.4 Å². The Morgan fingerprint density at radius 2 is 1.79 bits per heavy atom. The van der Waals surface area contributed by atoms with E-state index >= 15 is 0 Å². The van der Waals surface area contributed by atoms with Crippen molar-refractivity contribution in [1.82, 2.24) is 0 Å². The molecule has 1 aliphatic rings. The van der Waals surface area contributed by atoms with Gasteiger partial charge in [-0.1, -0.05) is 35.9 Å². The number of ether oxygens (including phenoxy) is 1. The number of hydrogen-bond donors (Lipinski definition) is 0. The van der Waals surface area contributed by atoms with Gasteiger partial charge in [0.2, 0.25) is 0 Å². The Balaban J connectivity index is 1.84. The molecule has 2 aromatic rings. The second-order valence-electron chi connectivity index (χ2n) is 6.08. The number of allylic oxidation sites excluding steroid dienone is 1. The summed E-state index contributed by atoms with van der Waals surface area (Å²) in [7, 11) is -1.24. The molecule has 0 saturated heterocycles. The lowest BCUT2D eigenvalue weighted by molar-refractivity contribution is -0.119. The summed E-state index contributed by atoms with van der Waals surface area (Å²) in [6, 6.07) is 15.4. The van der Waals surface area contributed by atoms with Crippen LogP contribution in [-0.4, -0.2) is 16.1 Å². The minimum absolute atomic E-state index is 0.114. The van der Waals surface area contributed by atoms with Crippen LogP contribution in [0.15, 0.2) is 70.2 Å². The van der Waals surface area contributed by atoms with Gasteiger partial charge in [-0.3, -0.25) is 4.79 Å². The van der Waals surface area contributed by atoms with Crippen molar-refractivity contribution in [2.24, 2.45) is 0 Å². The van der Waals surface area contributed by atoms with Crippen molar-refractivity contribution >= 4 is 16.6 Å². The number of Topliss-reactive ketones (excluding diaryl/α,β-unsaturated/α-hetero) is 1. The first-order valence-corrected chi connectivity index (χ1v) is 9.11. The van der Waals surface area contributed by atoms with E-state index in [9.17, 15) is 9.00 Å². The van der Waals surface area contributed by atoms with Crippen LogP contribution < -0.4 is 0 Å². The lowest BCUT2D eigenvalue weighted by Gasteiger charge is -2.22. The molecule has 0 aliphatic carbocycles. The van der Waals surface area contributed by atoms with Gasteiger partial charge in [0, 0.05) is 28.2 Å². The molecule has 0 N–H and O–H groups in total. The molecule has 0 bridgehead atoms. The van der Waals surface area contributed by atoms with Gasteiger partial charge in [-0.2, -0.15) is 0 Å². The molecule has 2 aromatic carbocycles. The molecule has 24 heavy (non-hydrogen) atoms. The number of aryl methyl sites for hydroxylation is 1. The van der Waals surface area contributed by atoms with Crippen molar-refractivity contribution in [3.05, 3.63) is 71.5 Å². The van der Waals surface area contributed by atoms with Crippen LogP contribution in [0.5, 0.6) is 0 Å². The zero-order chi connectivity index (χ0) is 17.1.